The van der Waals surface area contributed by atoms with Gasteiger partial charge in [-0.3, -0.25) is 0 Å². The number of carboxylic acid groups (broad SMARTS) is 1. The molecule has 6 heteroatoms. The first-order valence-electron chi connectivity index (χ1n) is 5.91. The van der Waals surface area contributed by atoms with E-state index in [0.717, 1.165) is 5.01 Å². The van der Waals surface area contributed by atoms with E-state index in [-0.39, 0.29) is 11.1 Å². The number of carboxylic acids is 1. The van der Waals surface area contributed by atoms with Crippen molar-refractivity contribution in [3.63, 3.8) is 0 Å². The Morgan fingerprint density at radius 2 is 1.80 bits per heavy atom. The van der Waals surface area contributed by atoms with Crippen LogP contribution in [0.25, 0.3) is 10.4 Å². The molecule has 106 valence electrons. The van der Waals surface area contributed by atoms with E-state index in [1.54, 1.807) is 18.2 Å². The molecule has 20 heavy (non-hydrogen) atoms. The Balaban J connectivity index is 2.73. The van der Waals surface area contributed by atoms with Gasteiger partial charge in [-0.25, -0.2) is 9.78 Å². The number of benzene rings is 1. The van der Waals surface area contributed by atoms with Crippen molar-refractivity contribution in [3.8, 4) is 10.4 Å². The highest BCUT2D eigenvalue weighted by Gasteiger charge is 2.27. The van der Waals surface area contributed by atoms with Gasteiger partial charge in [0.05, 0.1) is 19.9 Å². The Morgan fingerprint density at radius 3 is 2.25 bits per heavy atom. The topological polar surface area (TPSA) is 50.2 Å². The third-order valence-electron chi connectivity index (χ3n) is 2.66. The molecule has 0 aliphatic heterocycles. The highest BCUT2D eigenvalue weighted by atomic mass is 35.5. The van der Waals surface area contributed by atoms with Crippen molar-refractivity contribution in [1.82, 2.24) is 4.98 Å². The van der Waals surface area contributed by atoms with Crippen LogP contribution in [0.3, 0.4) is 0 Å². The van der Waals surface area contributed by atoms with E-state index in [1.807, 2.05) is 20.8 Å². The minimum Gasteiger partial charge on any atom is -0.476 e. The van der Waals surface area contributed by atoms with Gasteiger partial charge in [0.1, 0.15) is 0 Å². The van der Waals surface area contributed by atoms with Crippen molar-refractivity contribution < 1.29 is 9.90 Å². The zero-order valence-corrected chi connectivity index (χ0v) is 13.5. The number of hydrogen-bond donors (Lipinski definition) is 1. The normalized spacial score (nSPS) is 11.7. The molecule has 0 spiro atoms. The van der Waals surface area contributed by atoms with E-state index >= 15 is 0 Å². The van der Waals surface area contributed by atoms with E-state index < -0.39 is 5.97 Å². The summed E-state index contributed by atoms with van der Waals surface area (Å²) >= 11 is 13.6. The number of hydrogen-bond acceptors (Lipinski definition) is 3. The molecular formula is C14H13Cl2NO2S. The second-order valence-corrected chi connectivity index (χ2v) is 7.16. The Morgan fingerprint density at radius 1 is 1.25 bits per heavy atom. The summed E-state index contributed by atoms with van der Waals surface area (Å²) in [6.45, 7) is 5.94. The minimum absolute atomic E-state index is 0.00470. The molecular weight excluding hydrogens is 317 g/mol. The fraction of sp³-hybridized carbons (Fsp3) is 0.286. The molecule has 0 fully saturated rings. The van der Waals surface area contributed by atoms with Crippen LogP contribution in [-0.2, 0) is 5.41 Å². The van der Waals surface area contributed by atoms with Crippen LogP contribution in [-0.4, -0.2) is 16.1 Å². The number of aromatic nitrogens is 1. The van der Waals surface area contributed by atoms with Crippen LogP contribution in [0, 0.1) is 0 Å². The standard InChI is InChI=1S/C14H13Cl2NO2S/c1-14(2,3)13-17-10(12(18)19)11(20-13)9-7(15)5-4-6-8(9)16/h4-6H,1-3H3,(H,18,19). The molecule has 2 aromatic rings. The first-order chi connectivity index (χ1) is 9.21. The summed E-state index contributed by atoms with van der Waals surface area (Å²) in [4.78, 5) is 16.2. The number of thiazole rings is 1. The third-order valence-corrected chi connectivity index (χ3v) is 4.79. The highest BCUT2D eigenvalue weighted by Crippen LogP contribution is 2.42. The zero-order chi connectivity index (χ0) is 15.1. The molecule has 1 N–H and O–H groups in total. The maximum atomic E-state index is 11.4. The maximum absolute atomic E-state index is 11.4. The Bertz CT molecular complexity index is 654. The molecule has 3 nitrogen and oxygen atoms in total. The van der Waals surface area contributed by atoms with Crippen molar-refractivity contribution in [3.05, 3.63) is 38.9 Å². The van der Waals surface area contributed by atoms with Crippen LogP contribution in [0.5, 0.6) is 0 Å². The van der Waals surface area contributed by atoms with Crippen molar-refractivity contribution in [2.45, 2.75) is 26.2 Å². The van der Waals surface area contributed by atoms with Crippen LogP contribution in [0.1, 0.15) is 36.3 Å². The molecule has 0 saturated carbocycles. The maximum Gasteiger partial charge on any atom is 0.356 e. The largest absolute Gasteiger partial charge is 0.476 e. The van der Waals surface area contributed by atoms with Gasteiger partial charge in [-0.05, 0) is 12.1 Å². The Kier molecular flexibility index (Phi) is 4.09. The molecule has 0 aliphatic carbocycles. The monoisotopic (exact) mass is 329 g/mol. The average molecular weight is 330 g/mol. The minimum atomic E-state index is -1.08. The number of rotatable bonds is 2. The van der Waals surface area contributed by atoms with E-state index in [9.17, 15) is 9.90 Å². The summed E-state index contributed by atoms with van der Waals surface area (Å²) < 4.78 is 0. The molecule has 0 atom stereocenters. The van der Waals surface area contributed by atoms with Gasteiger partial charge in [-0.1, -0.05) is 50.0 Å². The van der Waals surface area contributed by atoms with E-state index in [4.69, 9.17) is 23.2 Å². The summed E-state index contributed by atoms with van der Waals surface area (Å²) in [5.41, 5.74) is 0.289. The second kappa shape index (κ2) is 5.35. The predicted octanol–water partition coefficient (Wildman–Crippen LogP) is 5.11. The highest BCUT2D eigenvalue weighted by molar-refractivity contribution is 7.15. The predicted molar refractivity (Wildman–Crippen MR) is 83.2 cm³/mol. The SMILES string of the molecule is CC(C)(C)c1nc(C(=O)O)c(-c2c(Cl)cccc2Cl)s1. The van der Waals surface area contributed by atoms with Crippen LogP contribution < -0.4 is 0 Å². The van der Waals surface area contributed by atoms with Crippen molar-refractivity contribution in [2.24, 2.45) is 0 Å². The number of carbonyl (C=O) groups is 1. The fourth-order valence-corrected chi connectivity index (χ4v) is 3.56. The van der Waals surface area contributed by atoms with Gasteiger partial charge in [-0.15, -0.1) is 11.3 Å². The second-order valence-electron chi connectivity index (χ2n) is 5.35. The van der Waals surface area contributed by atoms with Crippen LogP contribution >= 0.6 is 34.5 Å². The van der Waals surface area contributed by atoms with Crippen molar-refractivity contribution >= 4 is 40.5 Å². The molecule has 0 unspecified atom stereocenters. The first-order valence-corrected chi connectivity index (χ1v) is 7.48. The van der Waals surface area contributed by atoms with Gasteiger partial charge in [0.15, 0.2) is 5.69 Å². The summed E-state index contributed by atoms with van der Waals surface area (Å²) in [5, 5.41) is 10.9. The Hall–Kier alpha value is -1.10. The van der Waals surface area contributed by atoms with Crippen LogP contribution in [0.4, 0.5) is 0 Å². The Labute approximate surface area is 131 Å². The summed E-state index contributed by atoms with van der Waals surface area (Å²) in [6, 6.07) is 5.09. The molecule has 0 amide bonds. The zero-order valence-electron chi connectivity index (χ0n) is 11.2. The van der Waals surface area contributed by atoms with Gasteiger partial charge in [0.25, 0.3) is 0 Å². The average Bonchev–Trinajstić information content (AvgIpc) is 2.73. The summed E-state index contributed by atoms with van der Waals surface area (Å²) in [5.74, 6) is -1.08. The number of halogens is 2. The lowest BCUT2D eigenvalue weighted by molar-refractivity contribution is 0.0692. The molecule has 0 saturated heterocycles. The van der Waals surface area contributed by atoms with E-state index in [2.05, 4.69) is 4.98 Å². The molecule has 0 aliphatic rings. The number of aromatic carboxylic acids is 1. The van der Waals surface area contributed by atoms with Crippen molar-refractivity contribution in [1.29, 1.82) is 0 Å². The molecule has 1 aromatic carbocycles. The van der Waals surface area contributed by atoms with Gasteiger partial charge in [0, 0.05) is 11.0 Å². The molecule has 0 radical (unpaired) electrons. The van der Waals surface area contributed by atoms with Crippen molar-refractivity contribution in [2.75, 3.05) is 0 Å². The molecule has 2 rings (SSSR count). The summed E-state index contributed by atoms with van der Waals surface area (Å²) in [6.07, 6.45) is 0. The van der Waals surface area contributed by atoms with Crippen LogP contribution in [0.2, 0.25) is 10.0 Å². The molecule has 0 bridgehead atoms. The molecule has 1 aromatic heterocycles. The smallest absolute Gasteiger partial charge is 0.356 e. The van der Waals surface area contributed by atoms with Gasteiger partial charge in [-0.2, -0.15) is 0 Å². The lowest BCUT2D eigenvalue weighted by atomic mass is 9.98. The molecule has 1 heterocycles. The fourth-order valence-electron chi connectivity index (χ4n) is 1.67. The van der Waals surface area contributed by atoms with Gasteiger partial charge in [0.2, 0.25) is 0 Å². The van der Waals surface area contributed by atoms with E-state index in [1.165, 1.54) is 11.3 Å². The van der Waals surface area contributed by atoms with Gasteiger partial charge >= 0.3 is 5.97 Å². The van der Waals surface area contributed by atoms with Crippen LogP contribution in [0.15, 0.2) is 18.2 Å². The quantitative estimate of drug-likeness (QED) is 0.832. The third kappa shape index (κ3) is 2.82. The first kappa shape index (κ1) is 15.3. The van der Waals surface area contributed by atoms with Gasteiger partial charge < -0.3 is 5.11 Å². The summed E-state index contributed by atoms with van der Waals surface area (Å²) in [7, 11) is 0. The van der Waals surface area contributed by atoms with E-state index in [0.29, 0.717) is 20.5 Å². The lowest BCUT2D eigenvalue weighted by Crippen LogP contribution is -2.11. The lowest BCUT2D eigenvalue weighted by Gasteiger charge is -2.13. The number of nitrogens with zero attached hydrogens (tertiary/aromatic N) is 1.